The number of hydrogen-bond acceptors (Lipinski definition) is 1. The Morgan fingerprint density at radius 2 is 0.672 bits per heavy atom. The fourth-order valence-electron chi connectivity index (χ4n) is 10.5. The van der Waals surface area contributed by atoms with Crippen LogP contribution in [0.25, 0.3) is 126 Å². The van der Waals surface area contributed by atoms with Crippen LogP contribution in [0.2, 0.25) is 0 Å². The average Bonchev–Trinajstić information content (AvgIpc) is 3.73. The van der Waals surface area contributed by atoms with E-state index in [-0.39, 0.29) is 0 Å². The van der Waals surface area contributed by atoms with Crippen molar-refractivity contribution in [2.75, 3.05) is 0 Å². The van der Waals surface area contributed by atoms with Gasteiger partial charge in [0.1, 0.15) is 0 Å². The maximum atomic E-state index is 9.80. The standard InChI is InChI=1S/C65H40N2/c66-41-42-19-31-56-57-32-28-52(40-63(57)67(62(56)35-42)55-17-5-2-6-18-55)47-22-20-46(21-23-47)51-30-34-59-61(39-51)65(54-27-25-45-14-8-10-16-49(45)37-54)58-33-29-50(43-11-3-1-4-12-43)38-60(58)64(59)53-26-24-44-13-7-9-15-48(44)36-53/h1-40H. The van der Waals surface area contributed by atoms with E-state index < -0.39 is 0 Å². The van der Waals surface area contributed by atoms with Crippen LogP contribution in [0.1, 0.15) is 5.56 Å². The maximum absolute atomic E-state index is 9.80. The van der Waals surface area contributed by atoms with Gasteiger partial charge < -0.3 is 4.57 Å². The highest BCUT2D eigenvalue weighted by Gasteiger charge is 2.20. The Morgan fingerprint density at radius 3 is 1.21 bits per heavy atom. The molecule has 0 unspecified atom stereocenters. The summed E-state index contributed by atoms with van der Waals surface area (Å²) < 4.78 is 2.28. The third kappa shape index (κ3) is 6.48. The Kier molecular flexibility index (Phi) is 8.95. The Balaban J connectivity index is 1.01. The molecule has 2 nitrogen and oxygen atoms in total. The lowest BCUT2D eigenvalue weighted by Crippen LogP contribution is -1.94. The molecular formula is C65H40N2. The molecule has 2 heteroatoms. The summed E-state index contributed by atoms with van der Waals surface area (Å²) in [5.41, 5.74) is 15.7. The molecule has 0 fully saturated rings. The van der Waals surface area contributed by atoms with E-state index in [1.54, 1.807) is 0 Å². The van der Waals surface area contributed by atoms with Gasteiger partial charge in [-0.2, -0.15) is 5.26 Å². The van der Waals surface area contributed by atoms with E-state index in [0.717, 1.165) is 44.2 Å². The van der Waals surface area contributed by atoms with Gasteiger partial charge in [-0.3, -0.25) is 0 Å². The molecule has 0 aliphatic rings. The number of nitriles is 1. The third-order valence-electron chi connectivity index (χ3n) is 13.8. The van der Waals surface area contributed by atoms with E-state index in [1.165, 1.54) is 82.0 Å². The molecule has 0 aliphatic heterocycles. The first-order valence-electron chi connectivity index (χ1n) is 22.9. The lowest BCUT2D eigenvalue weighted by molar-refractivity contribution is 1.18. The van der Waals surface area contributed by atoms with Gasteiger partial charge in [0, 0.05) is 16.5 Å². The molecule has 1 heterocycles. The van der Waals surface area contributed by atoms with Gasteiger partial charge in [-0.1, -0.05) is 188 Å². The molecule has 13 aromatic rings. The summed E-state index contributed by atoms with van der Waals surface area (Å²) in [6, 6.07) is 90.6. The van der Waals surface area contributed by atoms with E-state index in [0.29, 0.717) is 5.56 Å². The van der Waals surface area contributed by atoms with Crippen LogP contribution in [0.15, 0.2) is 243 Å². The minimum Gasteiger partial charge on any atom is -0.309 e. The van der Waals surface area contributed by atoms with Crippen LogP contribution in [0.4, 0.5) is 0 Å². The molecule has 0 N–H and O–H groups in total. The van der Waals surface area contributed by atoms with Crippen molar-refractivity contribution < 1.29 is 0 Å². The Bertz CT molecular complexity index is 4140. The fourth-order valence-corrected chi connectivity index (χ4v) is 10.5. The van der Waals surface area contributed by atoms with Crippen molar-refractivity contribution in [1.29, 1.82) is 5.26 Å². The van der Waals surface area contributed by atoms with E-state index in [9.17, 15) is 5.26 Å². The second-order valence-corrected chi connectivity index (χ2v) is 17.6. The molecule has 67 heavy (non-hydrogen) atoms. The Labute approximate surface area is 388 Å². The summed E-state index contributed by atoms with van der Waals surface area (Å²) in [5.74, 6) is 0. The number of benzene rings is 12. The summed E-state index contributed by atoms with van der Waals surface area (Å²) in [6.07, 6.45) is 0. The van der Waals surface area contributed by atoms with Gasteiger partial charge in [0.25, 0.3) is 0 Å². The number of fused-ring (bicyclic) bond motifs is 7. The van der Waals surface area contributed by atoms with E-state index in [2.05, 4.69) is 235 Å². The quantitative estimate of drug-likeness (QED) is 0.153. The molecule has 0 amide bonds. The molecule has 0 saturated carbocycles. The van der Waals surface area contributed by atoms with Gasteiger partial charge in [-0.25, -0.2) is 0 Å². The van der Waals surface area contributed by atoms with Crippen molar-refractivity contribution in [1.82, 2.24) is 4.57 Å². The SMILES string of the molecule is N#Cc1ccc2c3ccc(-c4ccc(-c5ccc6c(-c7ccc8ccccc8c7)c7cc(-c8ccccc8)ccc7c(-c7ccc8ccccc8c7)c6c5)cc4)cc3n(-c3ccccc3)c2c1. The zero-order valence-electron chi connectivity index (χ0n) is 36.5. The van der Waals surface area contributed by atoms with E-state index in [4.69, 9.17) is 0 Å². The number of nitrogens with zero attached hydrogens (tertiary/aromatic N) is 2. The molecule has 0 saturated heterocycles. The highest BCUT2D eigenvalue weighted by Crippen LogP contribution is 2.47. The van der Waals surface area contributed by atoms with Crippen molar-refractivity contribution in [2.24, 2.45) is 0 Å². The van der Waals surface area contributed by atoms with Gasteiger partial charge in [-0.15, -0.1) is 0 Å². The molecule has 0 radical (unpaired) electrons. The molecule has 12 aromatic carbocycles. The minimum absolute atomic E-state index is 0.650. The molecule has 13 rings (SSSR count). The highest BCUT2D eigenvalue weighted by molar-refractivity contribution is 6.23. The van der Waals surface area contributed by atoms with Crippen LogP contribution in [0.5, 0.6) is 0 Å². The van der Waals surface area contributed by atoms with Crippen molar-refractivity contribution >= 4 is 64.9 Å². The first-order chi connectivity index (χ1) is 33.1. The van der Waals surface area contributed by atoms with Gasteiger partial charge in [0.2, 0.25) is 0 Å². The molecule has 0 bridgehead atoms. The van der Waals surface area contributed by atoms with Crippen LogP contribution >= 0.6 is 0 Å². The summed E-state index contributed by atoms with van der Waals surface area (Å²) in [4.78, 5) is 0. The fraction of sp³-hybridized carbons (Fsp3) is 0. The highest BCUT2D eigenvalue weighted by atomic mass is 15.0. The van der Waals surface area contributed by atoms with Crippen LogP contribution in [-0.2, 0) is 0 Å². The topological polar surface area (TPSA) is 28.7 Å². The van der Waals surface area contributed by atoms with Crippen LogP contribution in [0.3, 0.4) is 0 Å². The predicted molar refractivity (Wildman–Crippen MR) is 283 cm³/mol. The van der Waals surface area contributed by atoms with E-state index in [1.807, 2.05) is 18.2 Å². The van der Waals surface area contributed by atoms with Crippen molar-refractivity contribution in [3.05, 3.63) is 248 Å². The second kappa shape index (κ2) is 15.6. The largest absolute Gasteiger partial charge is 0.309 e. The third-order valence-corrected chi connectivity index (χ3v) is 13.8. The summed E-state index contributed by atoms with van der Waals surface area (Å²) in [6.45, 7) is 0. The maximum Gasteiger partial charge on any atom is 0.0992 e. The van der Waals surface area contributed by atoms with Crippen LogP contribution in [-0.4, -0.2) is 4.57 Å². The van der Waals surface area contributed by atoms with Crippen molar-refractivity contribution in [3.8, 4) is 67.4 Å². The van der Waals surface area contributed by atoms with Crippen molar-refractivity contribution in [2.45, 2.75) is 0 Å². The average molecular weight is 849 g/mol. The van der Waals surface area contributed by atoms with Crippen LogP contribution in [0, 0.1) is 11.3 Å². The molecule has 0 aliphatic carbocycles. The molecule has 1 aromatic heterocycles. The van der Waals surface area contributed by atoms with Gasteiger partial charge in [0.05, 0.1) is 22.7 Å². The van der Waals surface area contributed by atoms with Gasteiger partial charge in [-0.05, 0) is 153 Å². The molecule has 0 atom stereocenters. The van der Waals surface area contributed by atoms with Crippen molar-refractivity contribution in [3.63, 3.8) is 0 Å². The summed E-state index contributed by atoms with van der Waals surface area (Å²) in [7, 11) is 0. The lowest BCUT2D eigenvalue weighted by Gasteiger charge is -2.20. The minimum atomic E-state index is 0.650. The first-order valence-corrected chi connectivity index (χ1v) is 22.9. The summed E-state index contributed by atoms with van der Waals surface area (Å²) in [5, 5.41) is 21.9. The first kappa shape index (κ1) is 38.4. The Morgan fingerprint density at radius 1 is 0.269 bits per heavy atom. The number of aromatic nitrogens is 1. The predicted octanol–water partition coefficient (Wildman–Crippen LogP) is 17.6. The van der Waals surface area contributed by atoms with Crippen LogP contribution < -0.4 is 0 Å². The zero-order valence-corrected chi connectivity index (χ0v) is 36.5. The monoisotopic (exact) mass is 848 g/mol. The Hall–Kier alpha value is -9.03. The molecule has 310 valence electrons. The van der Waals surface area contributed by atoms with E-state index >= 15 is 0 Å². The second-order valence-electron chi connectivity index (χ2n) is 17.6. The normalized spacial score (nSPS) is 11.6. The zero-order chi connectivity index (χ0) is 44.4. The van der Waals surface area contributed by atoms with Gasteiger partial charge in [0.15, 0.2) is 0 Å². The number of para-hydroxylation sites is 1. The summed E-state index contributed by atoms with van der Waals surface area (Å²) >= 11 is 0. The van der Waals surface area contributed by atoms with Gasteiger partial charge >= 0.3 is 0 Å². The molecular weight excluding hydrogens is 809 g/mol. The number of hydrogen-bond donors (Lipinski definition) is 0. The molecule has 0 spiro atoms. The number of rotatable bonds is 6. The lowest BCUT2D eigenvalue weighted by atomic mass is 9.83. The smallest absolute Gasteiger partial charge is 0.0992 e.